The Morgan fingerprint density at radius 3 is 2.94 bits per heavy atom. The van der Waals surface area contributed by atoms with Crippen LogP contribution in [0.4, 0.5) is 17.6 Å². The molecule has 0 saturated carbocycles. The van der Waals surface area contributed by atoms with Crippen LogP contribution < -0.4 is 22.3 Å². The minimum atomic E-state index is 0.197. The maximum Gasteiger partial charge on any atom is 0.223 e. The number of nitrogens with two attached hydrogens (primary N) is 2. The van der Waals surface area contributed by atoms with E-state index >= 15 is 0 Å². The third-order valence-corrected chi connectivity index (χ3v) is 3.19. The Bertz CT molecular complexity index is 399. The molecule has 0 amide bonds. The summed E-state index contributed by atoms with van der Waals surface area (Å²) in [5.74, 6) is 7.19. The average Bonchev–Trinajstić information content (AvgIpc) is 2.83. The molecule has 2 atom stereocenters. The number of ether oxygens (including phenoxy) is 1. The molecule has 0 spiro atoms. The molecule has 2 unspecified atom stereocenters. The third kappa shape index (κ3) is 2.99. The molecule has 1 aliphatic rings. The Labute approximate surface area is 106 Å². The van der Waals surface area contributed by atoms with Crippen molar-refractivity contribution >= 4 is 17.6 Å². The zero-order chi connectivity index (χ0) is 13.0. The summed E-state index contributed by atoms with van der Waals surface area (Å²) >= 11 is 0. The molecule has 2 heterocycles. The van der Waals surface area contributed by atoms with Gasteiger partial charge in [-0.25, -0.2) is 5.84 Å². The summed E-state index contributed by atoms with van der Waals surface area (Å²) in [6, 6.07) is 1.73. The molecule has 7 nitrogen and oxygen atoms in total. The molecule has 7 heteroatoms. The number of anilines is 3. The van der Waals surface area contributed by atoms with E-state index in [0.717, 1.165) is 26.0 Å². The fourth-order valence-electron chi connectivity index (χ4n) is 2.24. The van der Waals surface area contributed by atoms with E-state index in [9.17, 15) is 0 Å². The maximum absolute atomic E-state index is 5.64. The van der Waals surface area contributed by atoms with Crippen molar-refractivity contribution < 1.29 is 4.74 Å². The lowest BCUT2D eigenvalue weighted by Gasteiger charge is -2.17. The van der Waals surface area contributed by atoms with Crippen molar-refractivity contribution in [2.24, 2.45) is 11.8 Å². The average molecular weight is 252 g/mol. The first kappa shape index (κ1) is 12.8. The fourth-order valence-corrected chi connectivity index (χ4v) is 2.24. The molecule has 100 valence electrons. The zero-order valence-corrected chi connectivity index (χ0v) is 10.5. The van der Waals surface area contributed by atoms with Crippen molar-refractivity contribution in [1.82, 2.24) is 9.97 Å². The highest BCUT2D eigenvalue weighted by molar-refractivity contribution is 5.50. The molecule has 6 N–H and O–H groups in total. The number of nitrogen functional groups attached to an aromatic ring is 2. The van der Waals surface area contributed by atoms with Crippen LogP contribution in [-0.2, 0) is 4.74 Å². The van der Waals surface area contributed by atoms with Gasteiger partial charge in [0.2, 0.25) is 5.95 Å². The number of aromatic nitrogens is 2. The van der Waals surface area contributed by atoms with Crippen LogP contribution in [0, 0.1) is 5.92 Å². The number of nitrogens with zero attached hydrogens (tertiary/aromatic N) is 2. The van der Waals surface area contributed by atoms with Crippen molar-refractivity contribution in [2.45, 2.75) is 25.9 Å². The van der Waals surface area contributed by atoms with Crippen molar-refractivity contribution in [1.29, 1.82) is 0 Å². The van der Waals surface area contributed by atoms with Crippen LogP contribution in [0.15, 0.2) is 6.07 Å². The predicted octanol–water partition coefficient (Wildman–Crippen LogP) is 0.571. The van der Waals surface area contributed by atoms with Gasteiger partial charge in [0.05, 0.1) is 6.10 Å². The van der Waals surface area contributed by atoms with Gasteiger partial charge in [-0.15, -0.1) is 0 Å². The van der Waals surface area contributed by atoms with Gasteiger partial charge in [0.1, 0.15) is 11.6 Å². The number of hydrazine groups is 1. The standard InChI is InChI=1S/C11H20N6O/c1-2-8-7(3-4-18-8)6-14-9-5-10(17-13)16-11(12)15-9/h5,7-8H,2-4,6,13H2,1H3,(H4,12,14,15,16,17). The van der Waals surface area contributed by atoms with Crippen LogP contribution >= 0.6 is 0 Å². The van der Waals surface area contributed by atoms with Gasteiger partial charge in [-0.05, 0) is 12.8 Å². The fraction of sp³-hybridized carbons (Fsp3) is 0.636. The number of hydrogen-bond donors (Lipinski definition) is 4. The molecule has 1 aliphatic heterocycles. The molecule has 0 bridgehead atoms. The van der Waals surface area contributed by atoms with Crippen molar-refractivity contribution in [2.75, 3.05) is 29.6 Å². The molecule has 1 fully saturated rings. The first-order valence-corrected chi connectivity index (χ1v) is 6.19. The van der Waals surface area contributed by atoms with E-state index in [2.05, 4.69) is 27.6 Å². The maximum atomic E-state index is 5.64. The van der Waals surface area contributed by atoms with Crippen molar-refractivity contribution in [3.63, 3.8) is 0 Å². The first-order chi connectivity index (χ1) is 8.72. The second kappa shape index (κ2) is 5.83. The predicted molar refractivity (Wildman–Crippen MR) is 70.9 cm³/mol. The number of rotatable bonds is 5. The monoisotopic (exact) mass is 252 g/mol. The minimum Gasteiger partial charge on any atom is -0.378 e. The van der Waals surface area contributed by atoms with Gasteiger partial charge >= 0.3 is 0 Å². The molecule has 0 aliphatic carbocycles. The number of nitrogens with one attached hydrogen (secondary N) is 2. The molecule has 1 saturated heterocycles. The van der Waals surface area contributed by atoms with Gasteiger partial charge in [0.25, 0.3) is 0 Å². The lowest BCUT2D eigenvalue weighted by Crippen LogP contribution is -2.23. The highest BCUT2D eigenvalue weighted by Crippen LogP contribution is 2.23. The van der Waals surface area contributed by atoms with E-state index in [-0.39, 0.29) is 5.95 Å². The van der Waals surface area contributed by atoms with Crippen LogP contribution in [0.5, 0.6) is 0 Å². The van der Waals surface area contributed by atoms with Gasteiger partial charge in [-0.2, -0.15) is 9.97 Å². The quantitative estimate of drug-likeness (QED) is 0.448. The SMILES string of the molecule is CCC1OCCC1CNc1cc(NN)nc(N)n1. The van der Waals surface area contributed by atoms with Crippen LogP contribution in [0.3, 0.4) is 0 Å². The topological polar surface area (TPSA) is 111 Å². The van der Waals surface area contributed by atoms with Crippen LogP contribution in [0.25, 0.3) is 0 Å². The van der Waals surface area contributed by atoms with Crippen molar-refractivity contribution in [3.05, 3.63) is 6.07 Å². The smallest absolute Gasteiger partial charge is 0.223 e. The Kier molecular flexibility index (Phi) is 4.16. The molecule has 0 aromatic carbocycles. The van der Waals surface area contributed by atoms with Crippen LogP contribution in [0.1, 0.15) is 19.8 Å². The summed E-state index contributed by atoms with van der Waals surface area (Å²) < 4.78 is 5.64. The first-order valence-electron chi connectivity index (χ1n) is 6.19. The van der Waals surface area contributed by atoms with Gasteiger partial charge in [0, 0.05) is 25.1 Å². The molecule has 1 aromatic heterocycles. The van der Waals surface area contributed by atoms with Crippen LogP contribution in [-0.4, -0.2) is 29.2 Å². The summed E-state index contributed by atoms with van der Waals surface area (Å²) in [5.41, 5.74) is 8.05. The summed E-state index contributed by atoms with van der Waals surface area (Å²) in [5, 5.41) is 3.26. The molecule has 0 radical (unpaired) electrons. The highest BCUT2D eigenvalue weighted by atomic mass is 16.5. The lowest BCUT2D eigenvalue weighted by atomic mass is 10.00. The number of hydrogen-bond acceptors (Lipinski definition) is 7. The van der Waals surface area contributed by atoms with E-state index in [1.165, 1.54) is 0 Å². The van der Waals surface area contributed by atoms with Gasteiger partial charge in [-0.3, -0.25) is 0 Å². The largest absolute Gasteiger partial charge is 0.378 e. The second-order valence-electron chi connectivity index (χ2n) is 4.39. The zero-order valence-electron chi connectivity index (χ0n) is 10.5. The molecule has 1 aromatic rings. The van der Waals surface area contributed by atoms with E-state index in [1.807, 2.05) is 0 Å². The molecule has 2 rings (SSSR count). The normalized spacial score (nSPS) is 23.0. The molecule has 18 heavy (non-hydrogen) atoms. The molecular weight excluding hydrogens is 232 g/mol. The lowest BCUT2D eigenvalue weighted by molar-refractivity contribution is 0.0900. The van der Waals surface area contributed by atoms with Crippen molar-refractivity contribution in [3.8, 4) is 0 Å². The van der Waals surface area contributed by atoms with Gasteiger partial charge < -0.3 is 21.2 Å². The molecular formula is C11H20N6O. The Balaban J connectivity index is 1.95. The van der Waals surface area contributed by atoms with E-state index in [0.29, 0.717) is 23.7 Å². The second-order valence-corrected chi connectivity index (χ2v) is 4.39. The Morgan fingerprint density at radius 1 is 1.44 bits per heavy atom. The summed E-state index contributed by atoms with van der Waals surface area (Å²) in [4.78, 5) is 8.04. The highest BCUT2D eigenvalue weighted by Gasteiger charge is 2.26. The van der Waals surface area contributed by atoms with E-state index in [1.54, 1.807) is 6.07 Å². The Hall–Kier alpha value is -1.60. The van der Waals surface area contributed by atoms with Gasteiger partial charge in [0.15, 0.2) is 0 Å². The van der Waals surface area contributed by atoms with Crippen LogP contribution in [0.2, 0.25) is 0 Å². The van der Waals surface area contributed by atoms with E-state index in [4.69, 9.17) is 16.3 Å². The summed E-state index contributed by atoms with van der Waals surface area (Å²) in [6.45, 7) is 3.80. The third-order valence-electron chi connectivity index (χ3n) is 3.19. The van der Waals surface area contributed by atoms with E-state index < -0.39 is 0 Å². The summed E-state index contributed by atoms with van der Waals surface area (Å²) in [6.07, 6.45) is 2.45. The Morgan fingerprint density at radius 2 is 2.22 bits per heavy atom. The summed E-state index contributed by atoms with van der Waals surface area (Å²) in [7, 11) is 0. The van der Waals surface area contributed by atoms with Gasteiger partial charge in [-0.1, -0.05) is 6.92 Å². The minimum absolute atomic E-state index is 0.197.